The third kappa shape index (κ3) is 7.96. The molecule has 208 valence electrons. The number of carbonyl (C=O) groups is 4. The van der Waals surface area contributed by atoms with Crippen LogP contribution in [0.2, 0.25) is 0 Å². The number of phenols is 1. The van der Waals surface area contributed by atoms with Crippen LogP contribution >= 0.6 is 12.6 Å². The molecular weight excluding hydrogens is 526 g/mol. The number of thiol groups is 1. The highest BCUT2D eigenvalue weighted by Gasteiger charge is 2.30. The van der Waals surface area contributed by atoms with Crippen LogP contribution < -0.4 is 21.7 Å². The number of para-hydroxylation sites is 1. The van der Waals surface area contributed by atoms with Crippen molar-refractivity contribution in [1.29, 1.82) is 0 Å². The second-order valence-corrected chi connectivity index (χ2v) is 9.29. The van der Waals surface area contributed by atoms with Crippen molar-refractivity contribution in [1.82, 2.24) is 20.9 Å². The standard InChI is InChI=1S/C26H31N5O7S/c27-18(12-32)23(34)31-22(13-39)25(36)29-20(10-15-11-28-19-4-2-1-3-17(15)19)24(35)30-21(26(37)38)9-14-5-7-16(33)8-6-14/h1-8,11,18,20-22,28,32-33,39H,9-10,12-13,27H2,(H,29,36)(H,30,35)(H,31,34)(H,37,38). The van der Waals surface area contributed by atoms with E-state index in [-0.39, 0.29) is 24.3 Å². The third-order valence-corrected chi connectivity index (χ3v) is 6.44. The molecule has 39 heavy (non-hydrogen) atoms. The molecule has 0 aliphatic carbocycles. The molecule has 0 spiro atoms. The van der Waals surface area contributed by atoms with Crippen molar-refractivity contribution in [3.63, 3.8) is 0 Å². The molecule has 3 amide bonds. The molecule has 13 heteroatoms. The Bertz CT molecular complexity index is 1310. The van der Waals surface area contributed by atoms with Crippen molar-refractivity contribution >= 4 is 47.2 Å². The summed E-state index contributed by atoms with van der Waals surface area (Å²) in [7, 11) is 0. The molecule has 0 saturated carbocycles. The van der Waals surface area contributed by atoms with Crippen LogP contribution in [0.4, 0.5) is 0 Å². The van der Waals surface area contributed by atoms with E-state index in [2.05, 4.69) is 33.6 Å². The summed E-state index contributed by atoms with van der Waals surface area (Å²) >= 11 is 4.10. The minimum Gasteiger partial charge on any atom is -0.508 e. The zero-order valence-corrected chi connectivity index (χ0v) is 21.7. The van der Waals surface area contributed by atoms with Gasteiger partial charge in [0.15, 0.2) is 0 Å². The number of aliphatic carboxylic acids is 1. The second kappa shape index (κ2) is 13.6. The molecule has 0 radical (unpaired) electrons. The van der Waals surface area contributed by atoms with Gasteiger partial charge in [0.05, 0.1) is 6.61 Å². The Kier molecular flexibility index (Phi) is 10.3. The van der Waals surface area contributed by atoms with E-state index in [9.17, 15) is 29.4 Å². The van der Waals surface area contributed by atoms with Crippen LogP contribution in [0, 0.1) is 0 Å². The Labute approximate surface area is 229 Å². The summed E-state index contributed by atoms with van der Waals surface area (Å²) < 4.78 is 0. The number of hydrogen-bond donors (Lipinski definition) is 9. The molecular formula is C26H31N5O7S. The molecule has 4 unspecified atom stereocenters. The fourth-order valence-electron chi connectivity index (χ4n) is 3.90. The van der Waals surface area contributed by atoms with E-state index in [1.165, 1.54) is 12.1 Å². The number of aromatic nitrogens is 1. The predicted molar refractivity (Wildman–Crippen MR) is 146 cm³/mol. The van der Waals surface area contributed by atoms with Crippen LogP contribution in [0.15, 0.2) is 54.7 Å². The van der Waals surface area contributed by atoms with Crippen LogP contribution in [0.1, 0.15) is 11.1 Å². The fourth-order valence-corrected chi connectivity index (χ4v) is 4.16. The lowest BCUT2D eigenvalue weighted by Crippen LogP contribution is -2.58. The number of carbonyl (C=O) groups excluding carboxylic acids is 3. The number of hydrogen-bond acceptors (Lipinski definition) is 8. The molecule has 9 N–H and O–H groups in total. The van der Waals surface area contributed by atoms with Gasteiger partial charge in [-0.15, -0.1) is 0 Å². The molecule has 0 bridgehead atoms. The number of phenolic OH excluding ortho intramolecular Hbond substituents is 1. The molecule has 2 aromatic carbocycles. The van der Waals surface area contributed by atoms with Crippen molar-refractivity contribution in [2.45, 2.75) is 37.0 Å². The quantitative estimate of drug-likeness (QED) is 0.124. The largest absolute Gasteiger partial charge is 0.508 e. The van der Waals surface area contributed by atoms with Gasteiger partial charge >= 0.3 is 5.97 Å². The maximum absolute atomic E-state index is 13.4. The lowest BCUT2D eigenvalue weighted by Gasteiger charge is -2.24. The number of aliphatic hydroxyl groups excluding tert-OH is 1. The Hall–Kier alpha value is -4.07. The molecule has 1 aromatic heterocycles. The van der Waals surface area contributed by atoms with E-state index in [4.69, 9.17) is 10.8 Å². The number of rotatable bonds is 13. The first kappa shape index (κ1) is 29.5. The van der Waals surface area contributed by atoms with Gasteiger partial charge in [-0.25, -0.2) is 4.79 Å². The number of carboxylic acids is 1. The van der Waals surface area contributed by atoms with Gasteiger partial charge in [0.2, 0.25) is 17.7 Å². The maximum Gasteiger partial charge on any atom is 0.326 e. The van der Waals surface area contributed by atoms with Crippen LogP contribution in [0.5, 0.6) is 5.75 Å². The van der Waals surface area contributed by atoms with Crippen molar-refractivity contribution in [3.05, 3.63) is 65.9 Å². The van der Waals surface area contributed by atoms with Gasteiger partial charge < -0.3 is 42.0 Å². The number of nitrogens with two attached hydrogens (primary N) is 1. The van der Waals surface area contributed by atoms with Gasteiger partial charge in [0.1, 0.15) is 29.9 Å². The minimum absolute atomic E-state index is 0.0104. The van der Waals surface area contributed by atoms with Gasteiger partial charge in [-0.3, -0.25) is 14.4 Å². The number of aromatic hydroxyl groups is 1. The molecule has 0 aliphatic heterocycles. The number of nitrogens with one attached hydrogen (secondary N) is 4. The van der Waals surface area contributed by atoms with E-state index >= 15 is 0 Å². The van der Waals surface area contributed by atoms with Crippen LogP contribution in [-0.2, 0) is 32.0 Å². The van der Waals surface area contributed by atoms with Gasteiger partial charge in [0.25, 0.3) is 0 Å². The number of H-pyrrole nitrogens is 1. The average Bonchev–Trinajstić information content (AvgIpc) is 3.33. The summed E-state index contributed by atoms with van der Waals surface area (Å²) in [6.45, 7) is -0.629. The summed E-state index contributed by atoms with van der Waals surface area (Å²) in [5.74, 6) is -3.67. The molecule has 12 nitrogen and oxygen atoms in total. The summed E-state index contributed by atoms with van der Waals surface area (Å²) in [4.78, 5) is 53.6. The smallest absolute Gasteiger partial charge is 0.326 e. The first-order valence-corrected chi connectivity index (χ1v) is 12.7. The van der Waals surface area contributed by atoms with E-state index in [0.29, 0.717) is 11.1 Å². The van der Waals surface area contributed by atoms with E-state index in [1.54, 1.807) is 18.3 Å². The zero-order chi connectivity index (χ0) is 28.5. The van der Waals surface area contributed by atoms with Gasteiger partial charge in [-0.2, -0.15) is 12.6 Å². The minimum atomic E-state index is -1.33. The van der Waals surface area contributed by atoms with Crippen molar-refractivity contribution in [3.8, 4) is 5.75 Å². The Morgan fingerprint density at radius 3 is 2.13 bits per heavy atom. The van der Waals surface area contributed by atoms with E-state index in [1.807, 2.05) is 24.3 Å². The summed E-state index contributed by atoms with van der Waals surface area (Å²) in [5, 5.41) is 36.6. The SMILES string of the molecule is NC(CO)C(=O)NC(CS)C(=O)NC(Cc1c[nH]c2ccccc12)C(=O)NC(Cc1ccc(O)cc1)C(=O)O. The Balaban J connectivity index is 1.83. The van der Waals surface area contributed by atoms with Crippen molar-refractivity contribution in [2.24, 2.45) is 5.73 Å². The first-order valence-electron chi connectivity index (χ1n) is 12.1. The molecule has 1 heterocycles. The molecule has 3 rings (SSSR count). The zero-order valence-electron chi connectivity index (χ0n) is 20.8. The lowest BCUT2D eigenvalue weighted by molar-refractivity contribution is -0.142. The van der Waals surface area contributed by atoms with Gasteiger partial charge in [-0.1, -0.05) is 30.3 Å². The molecule has 0 aliphatic rings. The average molecular weight is 558 g/mol. The van der Waals surface area contributed by atoms with Crippen LogP contribution in [0.25, 0.3) is 10.9 Å². The number of amides is 3. The first-order chi connectivity index (χ1) is 18.6. The van der Waals surface area contributed by atoms with Crippen LogP contribution in [0.3, 0.4) is 0 Å². The summed E-state index contributed by atoms with van der Waals surface area (Å²) in [6.07, 6.45) is 1.64. The highest BCUT2D eigenvalue weighted by Crippen LogP contribution is 2.19. The monoisotopic (exact) mass is 557 g/mol. The maximum atomic E-state index is 13.4. The predicted octanol–water partition coefficient (Wildman–Crippen LogP) is -0.553. The molecule has 0 saturated heterocycles. The fraction of sp³-hybridized carbons (Fsp3) is 0.308. The number of aromatic amines is 1. The highest BCUT2D eigenvalue weighted by atomic mass is 32.1. The Morgan fingerprint density at radius 2 is 1.49 bits per heavy atom. The van der Waals surface area contributed by atoms with E-state index in [0.717, 1.165) is 10.9 Å². The number of carboxylic acid groups (broad SMARTS) is 1. The van der Waals surface area contributed by atoms with Crippen molar-refractivity contribution in [2.75, 3.05) is 12.4 Å². The number of aliphatic hydroxyl groups is 1. The summed E-state index contributed by atoms with van der Waals surface area (Å²) in [5.41, 5.74) is 7.59. The van der Waals surface area contributed by atoms with Gasteiger partial charge in [-0.05, 0) is 29.3 Å². The third-order valence-electron chi connectivity index (χ3n) is 6.07. The summed E-state index contributed by atoms with van der Waals surface area (Å²) in [6, 6.07) is 8.28. The lowest BCUT2D eigenvalue weighted by atomic mass is 10.0. The van der Waals surface area contributed by atoms with Crippen molar-refractivity contribution < 1.29 is 34.5 Å². The number of benzene rings is 2. The van der Waals surface area contributed by atoms with Crippen LogP contribution in [-0.4, -0.2) is 80.5 Å². The molecule has 3 aromatic rings. The molecule has 0 fully saturated rings. The highest BCUT2D eigenvalue weighted by molar-refractivity contribution is 7.80. The number of fused-ring (bicyclic) bond motifs is 1. The van der Waals surface area contributed by atoms with Gasteiger partial charge in [0, 0.05) is 35.7 Å². The topological polar surface area (TPSA) is 207 Å². The normalized spacial score (nSPS) is 14.1. The second-order valence-electron chi connectivity index (χ2n) is 8.93. The Morgan fingerprint density at radius 1 is 0.872 bits per heavy atom. The molecule has 4 atom stereocenters. The van der Waals surface area contributed by atoms with E-state index < -0.39 is 54.5 Å².